The van der Waals surface area contributed by atoms with Crippen molar-refractivity contribution in [2.24, 2.45) is 0 Å². The number of aromatic carboxylic acids is 1. The summed E-state index contributed by atoms with van der Waals surface area (Å²) in [5.74, 6) is -1.50. The third-order valence-electron chi connectivity index (χ3n) is 2.30. The zero-order valence-electron chi connectivity index (χ0n) is 9.85. The molecule has 0 saturated heterocycles. The van der Waals surface area contributed by atoms with Crippen LogP contribution in [-0.4, -0.2) is 16.1 Å². The summed E-state index contributed by atoms with van der Waals surface area (Å²) >= 11 is 0.890. The zero-order valence-corrected chi connectivity index (χ0v) is 10.7. The molecule has 20 heavy (non-hydrogen) atoms. The van der Waals surface area contributed by atoms with Gasteiger partial charge in [0, 0.05) is 5.38 Å². The van der Waals surface area contributed by atoms with Gasteiger partial charge in [-0.3, -0.25) is 0 Å². The van der Waals surface area contributed by atoms with Crippen LogP contribution in [0.4, 0.5) is 13.2 Å². The van der Waals surface area contributed by atoms with E-state index in [0.29, 0.717) is 0 Å². The van der Waals surface area contributed by atoms with Gasteiger partial charge in [-0.15, -0.1) is 11.3 Å². The van der Waals surface area contributed by atoms with Crippen molar-refractivity contribution in [3.8, 4) is 5.75 Å². The van der Waals surface area contributed by atoms with Crippen LogP contribution in [-0.2, 0) is 12.8 Å². The number of ether oxygens (including phenoxy) is 1. The Kier molecular flexibility index (Phi) is 3.93. The predicted octanol–water partition coefficient (Wildman–Crippen LogP) is 3.44. The number of hydrogen-bond donors (Lipinski definition) is 1. The van der Waals surface area contributed by atoms with E-state index in [2.05, 4.69) is 4.98 Å². The molecule has 0 unspecified atom stereocenters. The quantitative estimate of drug-likeness (QED) is 0.940. The minimum atomic E-state index is -4.51. The van der Waals surface area contributed by atoms with Crippen LogP contribution in [0, 0.1) is 0 Å². The largest absolute Gasteiger partial charge is 0.487 e. The Balaban J connectivity index is 2.13. The Morgan fingerprint density at radius 2 is 2.05 bits per heavy atom. The summed E-state index contributed by atoms with van der Waals surface area (Å²) in [6, 6.07) is 4.81. The third kappa shape index (κ3) is 3.27. The van der Waals surface area contributed by atoms with E-state index >= 15 is 0 Å². The molecular formula is C12H8F3NO3S. The molecule has 0 spiro atoms. The molecule has 1 N–H and O–H groups in total. The molecule has 2 aromatic rings. The monoisotopic (exact) mass is 303 g/mol. The summed E-state index contributed by atoms with van der Waals surface area (Å²) < 4.78 is 43.2. The first-order chi connectivity index (χ1) is 9.38. The molecule has 0 aliphatic carbocycles. The van der Waals surface area contributed by atoms with Crippen molar-refractivity contribution < 1.29 is 27.8 Å². The minimum Gasteiger partial charge on any atom is -0.487 e. The number of nitrogens with zero attached hydrogens (tertiary/aromatic N) is 1. The number of alkyl halides is 3. The van der Waals surface area contributed by atoms with Crippen molar-refractivity contribution in [2.45, 2.75) is 12.8 Å². The van der Waals surface area contributed by atoms with Gasteiger partial charge >= 0.3 is 12.1 Å². The van der Waals surface area contributed by atoms with E-state index in [1.165, 1.54) is 23.6 Å². The van der Waals surface area contributed by atoms with Gasteiger partial charge in [0.15, 0.2) is 0 Å². The number of carboxylic acid groups (broad SMARTS) is 1. The van der Waals surface area contributed by atoms with Crippen molar-refractivity contribution in [1.82, 2.24) is 4.98 Å². The summed E-state index contributed by atoms with van der Waals surface area (Å²) in [6.45, 7) is -0.225. The minimum absolute atomic E-state index is 0.132. The van der Waals surface area contributed by atoms with E-state index in [1.54, 1.807) is 0 Å². The number of rotatable bonds is 4. The highest BCUT2D eigenvalue weighted by molar-refractivity contribution is 7.11. The maximum atomic E-state index is 12.7. The molecule has 0 bridgehead atoms. The summed E-state index contributed by atoms with van der Waals surface area (Å²) in [5.41, 5.74) is -0.613. The Labute approximate surface area is 115 Å². The summed E-state index contributed by atoms with van der Waals surface area (Å²) in [6.07, 6.45) is -4.51. The number of carbonyl (C=O) groups is 1. The number of hydrogen-bond acceptors (Lipinski definition) is 4. The van der Waals surface area contributed by atoms with Crippen LogP contribution >= 0.6 is 11.3 Å². The number of aromatic nitrogens is 1. The molecule has 0 radical (unpaired) electrons. The van der Waals surface area contributed by atoms with Crippen LogP contribution in [0.1, 0.15) is 21.1 Å². The number of thiazole rings is 1. The number of benzene rings is 1. The lowest BCUT2D eigenvalue weighted by Crippen LogP contribution is -2.08. The van der Waals surface area contributed by atoms with Gasteiger partial charge in [-0.2, -0.15) is 13.2 Å². The fourth-order valence-electron chi connectivity index (χ4n) is 1.45. The van der Waals surface area contributed by atoms with Crippen molar-refractivity contribution in [3.05, 3.63) is 45.9 Å². The fraction of sp³-hybridized carbons (Fsp3) is 0.167. The van der Waals surface area contributed by atoms with E-state index in [-0.39, 0.29) is 23.1 Å². The maximum absolute atomic E-state index is 12.7. The second-order valence-electron chi connectivity index (χ2n) is 3.73. The lowest BCUT2D eigenvalue weighted by Gasteiger charge is -2.12. The van der Waals surface area contributed by atoms with E-state index in [9.17, 15) is 18.0 Å². The number of halogens is 3. The SMILES string of the molecule is O=C(O)c1nc(COc2ccccc2C(F)(F)F)cs1. The van der Waals surface area contributed by atoms with Gasteiger partial charge in [-0.05, 0) is 12.1 Å². The van der Waals surface area contributed by atoms with Gasteiger partial charge in [0.1, 0.15) is 12.4 Å². The molecule has 1 heterocycles. The van der Waals surface area contributed by atoms with Crippen LogP contribution in [0.25, 0.3) is 0 Å². The molecule has 8 heteroatoms. The first-order valence-corrected chi connectivity index (χ1v) is 6.22. The van der Waals surface area contributed by atoms with E-state index in [0.717, 1.165) is 17.4 Å². The highest BCUT2D eigenvalue weighted by Crippen LogP contribution is 2.36. The smallest absolute Gasteiger partial charge is 0.419 e. The topological polar surface area (TPSA) is 59.4 Å². The van der Waals surface area contributed by atoms with E-state index in [4.69, 9.17) is 9.84 Å². The average molecular weight is 303 g/mol. The first-order valence-electron chi connectivity index (χ1n) is 5.34. The van der Waals surface area contributed by atoms with Crippen LogP contribution < -0.4 is 4.74 Å². The van der Waals surface area contributed by atoms with Gasteiger partial charge in [0.05, 0.1) is 11.3 Å². The van der Waals surface area contributed by atoms with Crippen molar-refractivity contribution >= 4 is 17.3 Å². The van der Waals surface area contributed by atoms with Gasteiger partial charge in [0.25, 0.3) is 0 Å². The summed E-state index contributed by atoms with van der Waals surface area (Å²) in [7, 11) is 0. The van der Waals surface area contributed by atoms with Crippen LogP contribution in [0.15, 0.2) is 29.6 Å². The summed E-state index contributed by atoms with van der Waals surface area (Å²) in [5, 5.41) is 9.99. The lowest BCUT2D eigenvalue weighted by molar-refractivity contribution is -0.139. The molecule has 0 aliphatic rings. The normalized spacial score (nSPS) is 11.3. The second kappa shape index (κ2) is 5.49. The number of para-hydroxylation sites is 1. The number of carboxylic acids is 1. The standard InChI is InChI=1S/C12H8F3NO3S/c13-12(14,15)8-3-1-2-4-9(8)19-5-7-6-20-10(16-7)11(17)18/h1-4,6H,5H2,(H,17,18). The van der Waals surface area contributed by atoms with Crippen molar-refractivity contribution in [3.63, 3.8) is 0 Å². The molecular weight excluding hydrogens is 295 g/mol. The highest BCUT2D eigenvalue weighted by Gasteiger charge is 2.34. The first kappa shape index (κ1) is 14.3. The molecule has 1 aromatic carbocycles. The van der Waals surface area contributed by atoms with Gasteiger partial charge < -0.3 is 9.84 Å². The molecule has 0 atom stereocenters. The molecule has 0 aliphatic heterocycles. The maximum Gasteiger partial charge on any atom is 0.419 e. The lowest BCUT2D eigenvalue weighted by atomic mass is 10.2. The Morgan fingerprint density at radius 1 is 1.35 bits per heavy atom. The van der Waals surface area contributed by atoms with E-state index < -0.39 is 17.7 Å². The predicted molar refractivity (Wildman–Crippen MR) is 64.8 cm³/mol. The van der Waals surface area contributed by atoms with Gasteiger partial charge in [0.2, 0.25) is 5.01 Å². The van der Waals surface area contributed by atoms with Crippen LogP contribution in [0.5, 0.6) is 5.75 Å². The van der Waals surface area contributed by atoms with Gasteiger partial charge in [-0.25, -0.2) is 9.78 Å². The molecule has 2 rings (SSSR count). The van der Waals surface area contributed by atoms with Crippen molar-refractivity contribution in [2.75, 3.05) is 0 Å². The molecule has 106 valence electrons. The second-order valence-corrected chi connectivity index (χ2v) is 4.59. The summed E-state index contributed by atoms with van der Waals surface area (Å²) in [4.78, 5) is 14.4. The molecule has 0 amide bonds. The Morgan fingerprint density at radius 3 is 2.65 bits per heavy atom. The van der Waals surface area contributed by atoms with Crippen molar-refractivity contribution in [1.29, 1.82) is 0 Å². The molecule has 0 saturated carbocycles. The van der Waals surface area contributed by atoms with E-state index in [1.807, 2.05) is 0 Å². The average Bonchev–Trinajstić information content (AvgIpc) is 2.84. The van der Waals surface area contributed by atoms with Gasteiger partial charge in [-0.1, -0.05) is 12.1 Å². The molecule has 1 aromatic heterocycles. The third-order valence-corrected chi connectivity index (χ3v) is 3.18. The van der Waals surface area contributed by atoms with Crippen LogP contribution in [0.3, 0.4) is 0 Å². The Hall–Kier alpha value is -2.09. The zero-order chi connectivity index (χ0) is 14.8. The highest BCUT2D eigenvalue weighted by atomic mass is 32.1. The fourth-order valence-corrected chi connectivity index (χ4v) is 2.09. The molecule has 4 nitrogen and oxygen atoms in total. The van der Waals surface area contributed by atoms with Crippen LogP contribution in [0.2, 0.25) is 0 Å². The Bertz CT molecular complexity index is 624. The molecule has 0 fully saturated rings.